The van der Waals surface area contributed by atoms with Gasteiger partial charge < -0.3 is 9.47 Å². The van der Waals surface area contributed by atoms with E-state index < -0.39 is 6.10 Å². The monoisotopic (exact) mass is 334 g/mol. The predicted octanol–water partition coefficient (Wildman–Crippen LogP) is 4.40. The van der Waals surface area contributed by atoms with Gasteiger partial charge in [-0.05, 0) is 36.0 Å². The average molecular weight is 334 g/mol. The number of fused-ring (bicyclic) bond motifs is 1. The van der Waals surface area contributed by atoms with Gasteiger partial charge in [-0.3, -0.25) is 4.79 Å². The van der Waals surface area contributed by atoms with Crippen molar-refractivity contribution in [2.45, 2.75) is 38.7 Å². The Morgan fingerprint density at radius 2 is 1.96 bits per heavy atom. The first-order chi connectivity index (χ1) is 12.0. The molecule has 0 N–H and O–H groups in total. The zero-order valence-corrected chi connectivity index (χ0v) is 14.8. The van der Waals surface area contributed by atoms with Gasteiger partial charge in [0.2, 0.25) is 0 Å². The zero-order chi connectivity index (χ0) is 17.9. The van der Waals surface area contributed by atoms with Crippen LogP contribution in [0.2, 0.25) is 0 Å². The largest absolute Gasteiger partial charge is 0.493 e. The van der Waals surface area contributed by atoms with E-state index in [1.54, 1.807) is 0 Å². The number of carbonyl (C=O) groups excluding carboxylic acids is 1. The van der Waals surface area contributed by atoms with Gasteiger partial charge in [-0.15, -0.1) is 0 Å². The van der Waals surface area contributed by atoms with Crippen LogP contribution in [0.3, 0.4) is 0 Å². The van der Waals surface area contributed by atoms with Crippen LogP contribution >= 0.6 is 0 Å². The molecule has 25 heavy (non-hydrogen) atoms. The van der Waals surface area contributed by atoms with Gasteiger partial charge in [0.15, 0.2) is 6.10 Å². The highest BCUT2D eigenvalue weighted by molar-refractivity contribution is 5.67. The third kappa shape index (κ3) is 4.03. The molecule has 1 aliphatic heterocycles. The lowest BCUT2D eigenvalue weighted by atomic mass is 9.79. The molecule has 2 aromatic rings. The molecular formula is C22H22O3. The molecule has 3 rings (SSSR count). The summed E-state index contributed by atoms with van der Waals surface area (Å²) in [5.41, 5.74) is 3.01. The van der Waals surface area contributed by atoms with Crippen LogP contribution in [0, 0.1) is 11.8 Å². The lowest BCUT2D eigenvalue weighted by Crippen LogP contribution is -2.26. The molecule has 0 aliphatic carbocycles. The van der Waals surface area contributed by atoms with Crippen molar-refractivity contribution >= 4 is 5.97 Å². The van der Waals surface area contributed by atoms with E-state index in [1.807, 2.05) is 42.5 Å². The SMILES string of the molecule is CC(=O)OC(C#Cc1ccc2c(c1)C(C)(C)CCO2)c1ccccc1. The summed E-state index contributed by atoms with van der Waals surface area (Å²) in [6.45, 7) is 6.58. The molecule has 2 aromatic carbocycles. The first kappa shape index (κ1) is 17.1. The summed E-state index contributed by atoms with van der Waals surface area (Å²) in [4.78, 5) is 11.4. The molecule has 1 aliphatic rings. The molecule has 0 radical (unpaired) electrons. The fourth-order valence-electron chi connectivity index (χ4n) is 2.94. The molecule has 128 valence electrons. The maximum atomic E-state index is 11.4. The van der Waals surface area contributed by atoms with Crippen LogP contribution in [0.5, 0.6) is 5.75 Å². The molecule has 0 amide bonds. The quantitative estimate of drug-likeness (QED) is 0.603. The topological polar surface area (TPSA) is 35.5 Å². The molecule has 0 bridgehead atoms. The van der Waals surface area contributed by atoms with Gasteiger partial charge >= 0.3 is 5.97 Å². The Kier molecular flexibility index (Phi) is 4.81. The summed E-state index contributed by atoms with van der Waals surface area (Å²) in [6.07, 6.45) is 0.413. The molecule has 1 atom stereocenters. The van der Waals surface area contributed by atoms with E-state index in [9.17, 15) is 4.79 Å². The Hall–Kier alpha value is -2.73. The fourth-order valence-corrected chi connectivity index (χ4v) is 2.94. The lowest BCUT2D eigenvalue weighted by molar-refractivity contribution is -0.144. The van der Waals surface area contributed by atoms with Crippen LogP contribution in [0.15, 0.2) is 48.5 Å². The normalized spacial score (nSPS) is 15.8. The average Bonchev–Trinajstić information content (AvgIpc) is 2.59. The van der Waals surface area contributed by atoms with Crippen LogP contribution in [0.4, 0.5) is 0 Å². The smallest absolute Gasteiger partial charge is 0.304 e. The summed E-state index contributed by atoms with van der Waals surface area (Å²) in [6, 6.07) is 15.6. The summed E-state index contributed by atoms with van der Waals surface area (Å²) in [5.74, 6) is 6.83. The summed E-state index contributed by atoms with van der Waals surface area (Å²) in [5, 5.41) is 0. The Labute approximate surface area is 149 Å². The first-order valence-corrected chi connectivity index (χ1v) is 8.47. The van der Waals surface area contributed by atoms with E-state index in [0.29, 0.717) is 0 Å². The molecule has 1 heterocycles. The minimum atomic E-state index is -0.570. The van der Waals surface area contributed by atoms with Crippen LogP contribution in [0.25, 0.3) is 0 Å². The van der Waals surface area contributed by atoms with Gasteiger partial charge in [0.25, 0.3) is 0 Å². The number of carbonyl (C=O) groups is 1. The summed E-state index contributed by atoms with van der Waals surface area (Å²) in [7, 11) is 0. The second-order valence-corrected chi connectivity index (χ2v) is 6.86. The molecule has 0 spiro atoms. The maximum Gasteiger partial charge on any atom is 0.304 e. The van der Waals surface area contributed by atoms with E-state index in [-0.39, 0.29) is 11.4 Å². The molecule has 3 nitrogen and oxygen atoms in total. The maximum absolute atomic E-state index is 11.4. The van der Waals surface area contributed by atoms with Crippen molar-refractivity contribution < 1.29 is 14.3 Å². The van der Waals surface area contributed by atoms with Gasteiger partial charge in [-0.1, -0.05) is 50.1 Å². The summed E-state index contributed by atoms with van der Waals surface area (Å²) < 4.78 is 11.1. The number of benzene rings is 2. The molecule has 1 unspecified atom stereocenters. The van der Waals surface area contributed by atoms with Crippen molar-refractivity contribution in [3.05, 3.63) is 65.2 Å². The zero-order valence-electron chi connectivity index (χ0n) is 14.8. The highest BCUT2D eigenvalue weighted by Gasteiger charge is 2.28. The van der Waals surface area contributed by atoms with Gasteiger partial charge in [0.1, 0.15) is 5.75 Å². The second-order valence-electron chi connectivity index (χ2n) is 6.86. The van der Waals surface area contributed by atoms with Crippen molar-refractivity contribution in [2.24, 2.45) is 0 Å². The molecule has 0 saturated heterocycles. The van der Waals surface area contributed by atoms with Crippen LogP contribution < -0.4 is 4.74 Å². The minimum Gasteiger partial charge on any atom is -0.493 e. The van der Waals surface area contributed by atoms with Gasteiger partial charge in [0.05, 0.1) is 6.61 Å². The lowest BCUT2D eigenvalue weighted by Gasteiger charge is -2.32. The molecule has 0 saturated carbocycles. The van der Waals surface area contributed by atoms with E-state index in [2.05, 4.69) is 31.8 Å². The van der Waals surface area contributed by atoms with E-state index in [4.69, 9.17) is 9.47 Å². The standard InChI is InChI=1S/C22H22O3/c1-16(23)25-20(18-7-5-4-6-8-18)11-9-17-10-12-21-19(15-17)22(2,3)13-14-24-21/h4-8,10,12,15,20H,13-14H2,1-3H3. The van der Waals surface area contributed by atoms with Crippen molar-refractivity contribution in [1.82, 2.24) is 0 Å². The number of ether oxygens (including phenoxy) is 2. The van der Waals surface area contributed by atoms with Gasteiger partial charge in [-0.25, -0.2) is 0 Å². The van der Waals surface area contributed by atoms with Crippen LogP contribution in [-0.4, -0.2) is 12.6 Å². The number of esters is 1. The predicted molar refractivity (Wildman–Crippen MR) is 97.4 cm³/mol. The van der Waals surface area contributed by atoms with Crippen LogP contribution in [0.1, 0.15) is 50.0 Å². The number of hydrogen-bond donors (Lipinski definition) is 0. The highest BCUT2D eigenvalue weighted by atomic mass is 16.5. The fraction of sp³-hybridized carbons (Fsp3) is 0.318. The van der Waals surface area contributed by atoms with Crippen molar-refractivity contribution in [3.8, 4) is 17.6 Å². The van der Waals surface area contributed by atoms with Crippen LogP contribution in [-0.2, 0) is 14.9 Å². The van der Waals surface area contributed by atoms with E-state index in [0.717, 1.165) is 29.9 Å². The van der Waals surface area contributed by atoms with E-state index in [1.165, 1.54) is 12.5 Å². The molecule has 0 aromatic heterocycles. The molecular weight excluding hydrogens is 312 g/mol. The Morgan fingerprint density at radius 3 is 2.68 bits per heavy atom. The third-order valence-electron chi connectivity index (χ3n) is 4.43. The molecule has 3 heteroatoms. The summed E-state index contributed by atoms with van der Waals surface area (Å²) >= 11 is 0. The van der Waals surface area contributed by atoms with Gasteiger partial charge in [0, 0.05) is 23.6 Å². The number of rotatable bonds is 2. The minimum absolute atomic E-state index is 0.0694. The number of hydrogen-bond acceptors (Lipinski definition) is 3. The molecule has 0 fully saturated rings. The van der Waals surface area contributed by atoms with Crippen molar-refractivity contribution in [2.75, 3.05) is 6.61 Å². The third-order valence-corrected chi connectivity index (χ3v) is 4.43. The highest BCUT2D eigenvalue weighted by Crippen LogP contribution is 2.38. The van der Waals surface area contributed by atoms with E-state index >= 15 is 0 Å². The van der Waals surface area contributed by atoms with Gasteiger partial charge in [-0.2, -0.15) is 0 Å². The van der Waals surface area contributed by atoms with Crippen molar-refractivity contribution in [3.63, 3.8) is 0 Å². The second kappa shape index (κ2) is 7.03. The van der Waals surface area contributed by atoms with Crippen molar-refractivity contribution in [1.29, 1.82) is 0 Å². The Bertz CT molecular complexity index is 825. The first-order valence-electron chi connectivity index (χ1n) is 8.47. The Morgan fingerprint density at radius 1 is 1.20 bits per heavy atom. The Balaban J connectivity index is 1.92.